The number of nitrogens with zero attached hydrogens (tertiary/aromatic N) is 3. The van der Waals surface area contributed by atoms with E-state index < -0.39 is 11.1 Å². The lowest BCUT2D eigenvalue weighted by molar-refractivity contribution is -0.120. The van der Waals surface area contributed by atoms with Crippen LogP contribution < -0.4 is 5.32 Å². The largest absolute Gasteiger partial charge is 0.352 e. The van der Waals surface area contributed by atoms with Gasteiger partial charge in [-0.2, -0.15) is 0 Å². The van der Waals surface area contributed by atoms with Crippen molar-refractivity contribution in [1.82, 2.24) is 20.1 Å². The van der Waals surface area contributed by atoms with Gasteiger partial charge in [-0.05, 0) is 44.0 Å². The number of hydrogen-bond acceptors (Lipinski definition) is 4. The third-order valence-corrected chi connectivity index (χ3v) is 6.57. The van der Waals surface area contributed by atoms with E-state index in [4.69, 9.17) is 11.6 Å². The van der Waals surface area contributed by atoms with Crippen LogP contribution in [0.5, 0.6) is 0 Å². The zero-order valence-electron chi connectivity index (χ0n) is 16.5. The Morgan fingerprint density at radius 3 is 2.60 bits per heavy atom. The molecule has 1 aliphatic carbocycles. The molecule has 4 rings (SSSR count). The summed E-state index contributed by atoms with van der Waals surface area (Å²) >= 11 is 7.63. The highest BCUT2D eigenvalue weighted by atomic mass is 35.5. The van der Waals surface area contributed by atoms with Crippen molar-refractivity contribution in [2.24, 2.45) is 0 Å². The van der Waals surface area contributed by atoms with E-state index >= 15 is 0 Å². The van der Waals surface area contributed by atoms with Gasteiger partial charge in [0.05, 0.1) is 16.0 Å². The Kier molecular flexibility index (Phi) is 6.39. The fraction of sp³-hybridized carbons (Fsp3) is 0.318. The normalized spacial score (nSPS) is 15.3. The summed E-state index contributed by atoms with van der Waals surface area (Å²) in [6.07, 6.45) is 4.33. The number of thioether (sulfide) groups is 1. The second-order valence-corrected chi connectivity index (χ2v) is 9.04. The molecule has 1 saturated carbocycles. The van der Waals surface area contributed by atoms with Crippen LogP contribution in [0.1, 0.15) is 32.6 Å². The first kappa shape index (κ1) is 20.9. The molecule has 1 fully saturated rings. The number of rotatable bonds is 6. The molecular weight excluding hydrogens is 423 g/mol. The summed E-state index contributed by atoms with van der Waals surface area (Å²) in [4.78, 5) is 12.7. The van der Waals surface area contributed by atoms with Gasteiger partial charge in [0.1, 0.15) is 5.82 Å². The minimum absolute atomic E-state index is 0.0470. The van der Waals surface area contributed by atoms with Crippen molar-refractivity contribution in [1.29, 1.82) is 0 Å². The molecule has 0 spiro atoms. The Balaban J connectivity index is 1.69. The van der Waals surface area contributed by atoms with Crippen molar-refractivity contribution in [3.63, 3.8) is 0 Å². The van der Waals surface area contributed by atoms with Gasteiger partial charge in [-0.3, -0.25) is 9.36 Å². The Morgan fingerprint density at radius 1 is 1.17 bits per heavy atom. The van der Waals surface area contributed by atoms with E-state index in [-0.39, 0.29) is 11.9 Å². The fourth-order valence-electron chi connectivity index (χ4n) is 3.61. The van der Waals surface area contributed by atoms with Crippen LogP contribution in [0.3, 0.4) is 0 Å². The summed E-state index contributed by atoms with van der Waals surface area (Å²) in [5.41, 5.74) is 0.952. The van der Waals surface area contributed by atoms with Crippen molar-refractivity contribution >= 4 is 29.3 Å². The van der Waals surface area contributed by atoms with Crippen molar-refractivity contribution in [2.75, 3.05) is 0 Å². The number of amides is 1. The number of benzene rings is 2. The molecule has 0 aliphatic heterocycles. The van der Waals surface area contributed by atoms with E-state index in [1.807, 2.05) is 25.1 Å². The number of halogens is 2. The first-order chi connectivity index (χ1) is 14.5. The first-order valence-electron chi connectivity index (χ1n) is 9.97. The average Bonchev–Trinajstić information content (AvgIpc) is 3.39. The Morgan fingerprint density at radius 2 is 1.87 bits per heavy atom. The molecule has 0 saturated heterocycles. The number of para-hydroxylation sites is 1. The van der Waals surface area contributed by atoms with Gasteiger partial charge in [0, 0.05) is 11.6 Å². The highest BCUT2D eigenvalue weighted by Gasteiger charge is 2.26. The van der Waals surface area contributed by atoms with E-state index in [1.54, 1.807) is 28.8 Å². The maximum Gasteiger partial charge on any atom is 0.233 e. The van der Waals surface area contributed by atoms with E-state index in [1.165, 1.54) is 17.8 Å². The molecule has 8 heteroatoms. The summed E-state index contributed by atoms with van der Waals surface area (Å²) in [5.74, 6) is -0.0265. The van der Waals surface area contributed by atoms with Crippen LogP contribution >= 0.6 is 23.4 Å². The molecule has 3 aromatic rings. The molecule has 0 bridgehead atoms. The highest BCUT2D eigenvalue weighted by molar-refractivity contribution is 8.00. The van der Waals surface area contributed by atoms with Crippen LogP contribution in [0.4, 0.5) is 4.39 Å². The van der Waals surface area contributed by atoms with Gasteiger partial charge in [0.15, 0.2) is 11.0 Å². The Bertz CT molecular complexity index is 1050. The van der Waals surface area contributed by atoms with Crippen LogP contribution in [-0.2, 0) is 4.79 Å². The zero-order chi connectivity index (χ0) is 21.1. The SMILES string of the molecule is CC(Sc1nnc(-c2ccccc2Cl)n1-c1ccccc1F)C(=O)NC1CCCC1. The molecule has 0 radical (unpaired) electrons. The third kappa shape index (κ3) is 4.37. The van der Waals surface area contributed by atoms with Crippen molar-refractivity contribution < 1.29 is 9.18 Å². The van der Waals surface area contributed by atoms with Gasteiger partial charge in [0.25, 0.3) is 0 Å². The summed E-state index contributed by atoms with van der Waals surface area (Å²) < 4.78 is 16.3. The van der Waals surface area contributed by atoms with Crippen LogP contribution in [-0.4, -0.2) is 32.0 Å². The van der Waals surface area contributed by atoms with E-state index in [2.05, 4.69) is 15.5 Å². The third-order valence-electron chi connectivity index (χ3n) is 5.19. The lowest BCUT2D eigenvalue weighted by Gasteiger charge is -2.17. The molecule has 2 aromatic carbocycles. The summed E-state index contributed by atoms with van der Waals surface area (Å²) in [6.45, 7) is 1.82. The quantitative estimate of drug-likeness (QED) is 0.526. The van der Waals surface area contributed by atoms with Crippen LogP contribution in [0.15, 0.2) is 53.7 Å². The van der Waals surface area contributed by atoms with Crippen LogP contribution in [0.2, 0.25) is 5.02 Å². The maximum atomic E-state index is 14.7. The summed E-state index contributed by atoms with van der Waals surface area (Å²) in [5, 5.41) is 12.2. The molecule has 1 aliphatic rings. The highest BCUT2D eigenvalue weighted by Crippen LogP contribution is 2.34. The fourth-order valence-corrected chi connectivity index (χ4v) is 4.70. The molecule has 1 atom stereocenters. The standard InChI is InChI=1S/C22H22ClFN4OS/c1-14(21(29)25-15-8-2-3-9-15)30-22-27-26-20(16-10-4-5-11-17(16)23)28(22)19-13-7-6-12-18(19)24/h4-7,10-15H,2-3,8-9H2,1H3,(H,25,29). The Labute approximate surface area is 184 Å². The molecule has 5 nitrogen and oxygen atoms in total. The average molecular weight is 445 g/mol. The number of nitrogens with one attached hydrogen (secondary N) is 1. The van der Waals surface area contributed by atoms with Gasteiger partial charge in [-0.25, -0.2) is 4.39 Å². The molecular formula is C22H22ClFN4OS. The second-order valence-electron chi connectivity index (χ2n) is 7.32. The van der Waals surface area contributed by atoms with Crippen molar-refractivity contribution in [2.45, 2.75) is 49.1 Å². The minimum Gasteiger partial charge on any atom is -0.352 e. The predicted octanol–water partition coefficient (Wildman–Crippen LogP) is 5.27. The molecule has 1 unspecified atom stereocenters. The van der Waals surface area contributed by atoms with Crippen molar-refractivity contribution in [3.05, 3.63) is 59.4 Å². The molecule has 1 heterocycles. The smallest absolute Gasteiger partial charge is 0.233 e. The zero-order valence-corrected chi connectivity index (χ0v) is 18.1. The van der Waals surface area contributed by atoms with E-state index in [9.17, 15) is 9.18 Å². The number of carbonyl (C=O) groups is 1. The van der Waals surface area contributed by atoms with Crippen molar-refractivity contribution in [3.8, 4) is 17.1 Å². The van der Waals surface area contributed by atoms with E-state index in [0.29, 0.717) is 27.3 Å². The predicted molar refractivity (Wildman–Crippen MR) is 117 cm³/mol. The molecule has 1 aromatic heterocycles. The van der Waals surface area contributed by atoms with Gasteiger partial charge < -0.3 is 5.32 Å². The molecule has 156 valence electrons. The van der Waals surface area contributed by atoms with Gasteiger partial charge in [-0.1, -0.05) is 60.5 Å². The summed E-state index contributed by atoms with van der Waals surface area (Å²) in [6, 6.07) is 13.9. The number of carbonyl (C=O) groups excluding carboxylic acids is 1. The number of aromatic nitrogens is 3. The monoisotopic (exact) mass is 444 g/mol. The topological polar surface area (TPSA) is 59.8 Å². The van der Waals surface area contributed by atoms with Crippen LogP contribution in [0.25, 0.3) is 17.1 Å². The first-order valence-corrected chi connectivity index (χ1v) is 11.2. The minimum atomic E-state index is -0.407. The molecule has 1 amide bonds. The number of hydrogen-bond donors (Lipinski definition) is 1. The molecule has 1 N–H and O–H groups in total. The second kappa shape index (κ2) is 9.18. The lowest BCUT2D eigenvalue weighted by atomic mass is 10.2. The van der Waals surface area contributed by atoms with Gasteiger partial charge in [0.2, 0.25) is 5.91 Å². The van der Waals surface area contributed by atoms with Gasteiger partial charge >= 0.3 is 0 Å². The maximum absolute atomic E-state index is 14.7. The Hall–Kier alpha value is -2.38. The molecule has 30 heavy (non-hydrogen) atoms. The van der Waals surface area contributed by atoms with Crippen LogP contribution in [0, 0.1) is 5.82 Å². The van der Waals surface area contributed by atoms with E-state index in [0.717, 1.165) is 25.7 Å². The van der Waals surface area contributed by atoms with Gasteiger partial charge in [-0.15, -0.1) is 10.2 Å². The lowest BCUT2D eigenvalue weighted by Crippen LogP contribution is -2.37. The summed E-state index contributed by atoms with van der Waals surface area (Å²) in [7, 11) is 0.